The van der Waals surface area contributed by atoms with E-state index >= 15 is 0 Å². The standard InChI is InChI=1S/C13H9IN2O3/c14-8-4-1-2-5-9(8)16-12(17)10-6-3-7-11(15-10)13(18)19/h1-7H,(H,16,17)(H,18,19). The number of carboxylic acids is 1. The lowest BCUT2D eigenvalue weighted by Gasteiger charge is -2.06. The summed E-state index contributed by atoms with van der Waals surface area (Å²) < 4.78 is 0.892. The first kappa shape index (κ1) is 13.5. The van der Waals surface area contributed by atoms with Crippen LogP contribution in [0.3, 0.4) is 0 Å². The van der Waals surface area contributed by atoms with Gasteiger partial charge in [-0.25, -0.2) is 9.78 Å². The average molecular weight is 368 g/mol. The summed E-state index contributed by atoms with van der Waals surface area (Å²) in [6, 6.07) is 11.6. The summed E-state index contributed by atoms with van der Waals surface area (Å²) in [5.74, 6) is -1.60. The normalized spacial score (nSPS) is 9.95. The fraction of sp³-hybridized carbons (Fsp3) is 0. The van der Waals surface area contributed by atoms with Crippen LogP contribution in [0.2, 0.25) is 0 Å². The van der Waals surface area contributed by atoms with Crippen molar-refractivity contribution in [1.29, 1.82) is 0 Å². The van der Waals surface area contributed by atoms with Crippen LogP contribution in [0.25, 0.3) is 0 Å². The van der Waals surface area contributed by atoms with Crippen molar-refractivity contribution in [1.82, 2.24) is 4.98 Å². The molecular formula is C13H9IN2O3. The largest absolute Gasteiger partial charge is 0.477 e. The molecule has 0 aliphatic rings. The number of hydrogen-bond donors (Lipinski definition) is 2. The highest BCUT2D eigenvalue weighted by Crippen LogP contribution is 2.17. The van der Waals surface area contributed by atoms with Crippen molar-refractivity contribution >= 4 is 40.2 Å². The number of carboxylic acid groups (broad SMARTS) is 1. The van der Waals surface area contributed by atoms with Gasteiger partial charge in [0, 0.05) is 3.57 Å². The molecule has 2 N–H and O–H groups in total. The second-order valence-corrected chi connectivity index (χ2v) is 4.81. The summed E-state index contributed by atoms with van der Waals surface area (Å²) in [6.45, 7) is 0. The molecule has 0 bridgehead atoms. The predicted molar refractivity (Wildman–Crippen MR) is 78.3 cm³/mol. The number of aromatic carboxylic acids is 1. The topological polar surface area (TPSA) is 79.3 Å². The molecule has 96 valence electrons. The third-order valence-corrected chi connectivity index (χ3v) is 3.26. The molecule has 1 aromatic carbocycles. The van der Waals surface area contributed by atoms with Gasteiger partial charge in [0.25, 0.3) is 5.91 Å². The van der Waals surface area contributed by atoms with E-state index < -0.39 is 11.9 Å². The molecule has 2 rings (SSSR count). The number of carbonyl (C=O) groups is 2. The van der Waals surface area contributed by atoms with Gasteiger partial charge in [-0.2, -0.15) is 0 Å². The minimum absolute atomic E-state index is 0.0690. The fourth-order valence-electron chi connectivity index (χ4n) is 1.43. The Morgan fingerprint density at radius 3 is 2.42 bits per heavy atom. The molecular weight excluding hydrogens is 359 g/mol. The van der Waals surface area contributed by atoms with Gasteiger partial charge in [0.2, 0.25) is 0 Å². The number of aromatic nitrogens is 1. The average Bonchev–Trinajstić information content (AvgIpc) is 2.41. The van der Waals surface area contributed by atoms with Crippen LogP contribution in [-0.2, 0) is 0 Å². The third-order valence-electron chi connectivity index (χ3n) is 2.32. The van der Waals surface area contributed by atoms with Crippen LogP contribution in [0.1, 0.15) is 21.0 Å². The highest BCUT2D eigenvalue weighted by molar-refractivity contribution is 14.1. The lowest BCUT2D eigenvalue weighted by atomic mass is 10.2. The van der Waals surface area contributed by atoms with Gasteiger partial charge < -0.3 is 10.4 Å². The first-order chi connectivity index (χ1) is 9.08. The van der Waals surface area contributed by atoms with Crippen molar-refractivity contribution in [2.75, 3.05) is 5.32 Å². The maximum absolute atomic E-state index is 12.0. The van der Waals surface area contributed by atoms with Gasteiger partial charge in [0.15, 0.2) is 0 Å². The Bertz CT molecular complexity index is 643. The zero-order valence-corrected chi connectivity index (χ0v) is 11.8. The van der Waals surface area contributed by atoms with E-state index in [1.54, 1.807) is 12.1 Å². The molecule has 0 spiro atoms. The molecule has 1 amide bonds. The van der Waals surface area contributed by atoms with Gasteiger partial charge in [0.05, 0.1) is 5.69 Å². The van der Waals surface area contributed by atoms with Crippen LogP contribution in [0.5, 0.6) is 0 Å². The van der Waals surface area contributed by atoms with Crippen molar-refractivity contribution in [3.63, 3.8) is 0 Å². The zero-order chi connectivity index (χ0) is 13.8. The Labute approximate surface area is 122 Å². The highest BCUT2D eigenvalue weighted by atomic mass is 127. The van der Waals surface area contributed by atoms with Crippen LogP contribution in [0.4, 0.5) is 5.69 Å². The minimum atomic E-state index is -1.16. The Kier molecular flexibility index (Phi) is 4.10. The number of carbonyl (C=O) groups excluding carboxylic acids is 1. The van der Waals surface area contributed by atoms with Gasteiger partial charge in [-0.3, -0.25) is 4.79 Å². The van der Waals surface area contributed by atoms with Crippen LogP contribution < -0.4 is 5.32 Å². The van der Waals surface area contributed by atoms with Crippen LogP contribution in [0, 0.1) is 3.57 Å². The molecule has 0 atom stereocenters. The van der Waals surface area contributed by atoms with E-state index in [4.69, 9.17) is 5.11 Å². The summed E-state index contributed by atoms with van der Waals surface area (Å²) in [6.07, 6.45) is 0. The monoisotopic (exact) mass is 368 g/mol. The highest BCUT2D eigenvalue weighted by Gasteiger charge is 2.12. The summed E-state index contributed by atoms with van der Waals surface area (Å²) in [5, 5.41) is 11.5. The quantitative estimate of drug-likeness (QED) is 0.817. The molecule has 0 aliphatic heterocycles. The van der Waals surface area contributed by atoms with Crippen molar-refractivity contribution in [2.24, 2.45) is 0 Å². The summed E-state index contributed by atoms with van der Waals surface area (Å²) in [5.41, 5.74) is 0.575. The number of rotatable bonds is 3. The van der Waals surface area contributed by atoms with Gasteiger partial charge >= 0.3 is 5.97 Å². The smallest absolute Gasteiger partial charge is 0.354 e. The number of hydrogen-bond acceptors (Lipinski definition) is 3. The number of halogens is 1. The van der Waals surface area contributed by atoms with E-state index in [1.165, 1.54) is 18.2 Å². The molecule has 2 aromatic rings. The Morgan fingerprint density at radius 2 is 1.74 bits per heavy atom. The summed E-state index contributed by atoms with van der Waals surface area (Å²) in [4.78, 5) is 26.5. The summed E-state index contributed by atoms with van der Waals surface area (Å²) >= 11 is 2.10. The maximum atomic E-state index is 12.0. The second-order valence-electron chi connectivity index (χ2n) is 3.65. The molecule has 19 heavy (non-hydrogen) atoms. The van der Waals surface area contributed by atoms with E-state index in [2.05, 4.69) is 32.9 Å². The molecule has 6 heteroatoms. The Hall–Kier alpha value is -1.96. The van der Waals surface area contributed by atoms with Crippen molar-refractivity contribution in [2.45, 2.75) is 0 Å². The number of nitrogens with one attached hydrogen (secondary N) is 1. The molecule has 0 aliphatic carbocycles. The maximum Gasteiger partial charge on any atom is 0.354 e. The third kappa shape index (κ3) is 3.28. The molecule has 0 fully saturated rings. The van der Waals surface area contributed by atoms with E-state index in [-0.39, 0.29) is 11.4 Å². The fourth-order valence-corrected chi connectivity index (χ4v) is 1.95. The second kappa shape index (κ2) is 5.79. The number of para-hydroxylation sites is 1. The van der Waals surface area contributed by atoms with Crippen molar-refractivity contribution < 1.29 is 14.7 Å². The SMILES string of the molecule is O=C(O)c1cccc(C(=O)Nc2ccccc2I)n1. The number of anilines is 1. The van der Waals surface area contributed by atoms with E-state index in [0.717, 1.165) is 3.57 Å². The Morgan fingerprint density at radius 1 is 1.05 bits per heavy atom. The minimum Gasteiger partial charge on any atom is -0.477 e. The van der Waals surface area contributed by atoms with Crippen LogP contribution >= 0.6 is 22.6 Å². The van der Waals surface area contributed by atoms with E-state index in [9.17, 15) is 9.59 Å². The first-order valence-corrected chi connectivity index (χ1v) is 6.42. The van der Waals surface area contributed by atoms with Crippen molar-refractivity contribution in [3.8, 4) is 0 Å². The van der Waals surface area contributed by atoms with Gasteiger partial charge in [-0.1, -0.05) is 18.2 Å². The first-order valence-electron chi connectivity index (χ1n) is 5.34. The van der Waals surface area contributed by atoms with E-state index in [1.807, 2.05) is 12.1 Å². The number of amides is 1. The molecule has 1 aromatic heterocycles. The lowest BCUT2D eigenvalue weighted by Crippen LogP contribution is -2.16. The predicted octanol–water partition coefficient (Wildman–Crippen LogP) is 2.64. The molecule has 5 nitrogen and oxygen atoms in total. The van der Waals surface area contributed by atoms with Gasteiger partial charge in [-0.05, 0) is 46.9 Å². The molecule has 0 unspecified atom stereocenters. The molecule has 0 radical (unpaired) electrons. The van der Waals surface area contributed by atoms with Crippen LogP contribution in [-0.4, -0.2) is 22.0 Å². The zero-order valence-electron chi connectivity index (χ0n) is 9.63. The lowest BCUT2D eigenvalue weighted by molar-refractivity contribution is 0.0690. The number of benzene rings is 1. The van der Waals surface area contributed by atoms with Crippen LogP contribution in [0.15, 0.2) is 42.5 Å². The Balaban J connectivity index is 2.23. The molecule has 0 saturated heterocycles. The number of nitrogens with zero attached hydrogens (tertiary/aromatic N) is 1. The van der Waals surface area contributed by atoms with E-state index in [0.29, 0.717) is 5.69 Å². The summed E-state index contributed by atoms with van der Waals surface area (Å²) in [7, 11) is 0. The molecule has 0 saturated carbocycles. The molecule has 1 heterocycles. The van der Waals surface area contributed by atoms with Crippen molar-refractivity contribution in [3.05, 3.63) is 57.4 Å². The van der Waals surface area contributed by atoms with Gasteiger partial charge in [-0.15, -0.1) is 0 Å². The number of pyridine rings is 1. The van der Waals surface area contributed by atoms with Gasteiger partial charge in [0.1, 0.15) is 11.4 Å².